The Kier molecular flexibility index (Phi) is 7.48. The number of nitrogens with zero attached hydrogens (tertiary/aromatic N) is 2. The number of amides is 1. The molecule has 3 unspecified atom stereocenters. The van der Waals surface area contributed by atoms with E-state index in [4.69, 9.17) is 33.2 Å². The molecule has 4 aliphatic heterocycles. The van der Waals surface area contributed by atoms with E-state index in [1.54, 1.807) is 26.2 Å². The number of likely N-dealkylation sites (N-methyl/N-ethyl adjacent to an activating group) is 1. The van der Waals surface area contributed by atoms with Crippen LogP contribution in [0, 0.1) is 13.8 Å². The fraction of sp³-hybridized carbons (Fsp3) is 0.429. The third kappa shape index (κ3) is 4.10. The third-order valence-corrected chi connectivity index (χ3v) is 9.92. The van der Waals surface area contributed by atoms with Crippen LogP contribution in [0.4, 0.5) is 0 Å². The smallest absolute Gasteiger partial charge is 0.241 e. The molecular weight excluding hydrogens is 592 g/mol. The molecule has 4 atom stereocenters. The van der Waals surface area contributed by atoms with Crippen molar-refractivity contribution in [2.45, 2.75) is 51.0 Å². The van der Waals surface area contributed by atoms with Gasteiger partial charge in [0, 0.05) is 34.2 Å². The fourth-order valence-corrected chi connectivity index (χ4v) is 7.99. The molecule has 1 amide bonds. The zero-order chi connectivity index (χ0) is 32.4. The predicted molar refractivity (Wildman–Crippen MR) is 166 cm³/mol. The van der Waals surface area contributed by atoms with Crippen molar-refractivity contribution in [3.05, 3.63) is 69.3 Å². The van der Waals surface area contributed by atoms with Gasteiger partial charge in [0.15, 0.2) is 28.8 Å². The second-order valence-electron chi connectivity index (χ2n) is 12.0. The largest absolute Gasteiger partial charge is 0.496 e. The molecule has 1 fully saturated rings. The van der Waals surface area contributed by atoms with Gasteiger partial charge >= 0.3 is 0 Å². The Balaban J connectivity index is 1.46. The lowest BCUT2D eigenvalue weighted by Crippen LogP contribution is -2.68. The number of fused-ring (bicyclic) bond motifs is 9. The van der Waals surface area contributed by atoms with Gasteiger partial charge in [0.2, 0.25) is 12.7 Å². The van der Waals surface area contributed by atoms with E-state index in [-0.39, 0.29) is 25.1 Å². The molecule has 0 radical (unpaired) electrons. The molecule has 1 saturated heterocycles. The summed E-state index contributed by atoms with van der Waals surface area (Å²) in [6.45, 7) is 4.19. The molecule has 0 aliphatic carbocycles. The number of hydrogen-bond acceptors (Lipinski definition) is 10. The van der Waals surface area contributed by atoms with Crippen LogP contribution in [0.1, 0.15) is 55.8 Å². The van der Waals surface area contributed by atoms with Gasteiger partial charge in [-0.05, 0) is 26.5 Å². The first-order valence-electron chi connectivity index (χ1n) is 15.3. The number of piperazine rings is 1. The van der Waals surface area contributed by atoms with Crippen LogP contribution in [0.2, 0.25) is 0 Å². The van der Waals surface area contributed by atoms with Crippen molar-refractivity contribution in [3.8, 4) is 34.5 Å². The molecule has 3 aromatic carbocycles. The summed E-state index contributed by atoms with van der Waals surface area (Å²) in [7, 11) is 8.21. The zero-order valence-electron chi connectivity index (χ0n) is 27.1. The van der Waals surface area contributed by atoms with Gasteiger partial charge in [0.25, 0.3) is 0 Å². The highest BCUT2D eigenvalue weighted by Gasteiger charge is 2.60. The Labute approximate surface area is 267 Å². The minimum Gasteiger partial charge on any atom is -0.496 e. The van der Waals surface area contributed by atoms with E-state index in [2.05, 4.69) is 0 Å². The van der Waals surface area contributed by atoms with Gasteiger partial charge in [-0.15, -0.1) is 0 Å². The van der Waals surface area contributed by atoms with E-state index in [1.165, 1.54) is 7.11 Å². The van der Waals surface area contributed by atoms with Gasteiger partial charge in [0.05, 0.1) is 65.3 Å². The lowest BCUT2D eigenvalue weighted by Gasteiger charge is -2.56. The van der Waals surface area contributed by atoms with Crippen molar-refractivity contribution >= 4 is 11.7 Å². The van der Waals surface area contributed by atoms with E-state index < -0.39 is 24.2 Å². The van der Waals surface area contributed by atoms with E-state index in [1.807, 2.05) is 56.1 Å². The Morgan fingerprint density at radius 3 is 2.15 bits per heavy atom. The molecule has 242 valence electrons. The monoisotopic (exact) mass is 630 g/mol. The highest BCUT2D eigenvalue weighted by Crippen LogP contribution is 2.59. The van der Waals surface area contributed by atoms with Crippen molar-refractivity contribution in [2.75, 3.05) is 48.9 Å². The summed E-state index contributed by atoms with van der Waals surface area (Å²) >= 11 is 0. The van der Waals surface area contributed by atoms with Crippen LogP contribution in [-0.4, -0.2) is 82.5 Å². The van der Waals surface area contributed by atoms with E-state index in [9.17, 15) is 4.79 Å². The van der Waals surface area contributed by atoms with Crippen LogP contribution >= 0.6 is 0 Å². The first-order valence-corrected chi connectivity index (χ1v) is 15.3. The SMILES string of the molecule is COc1c(C)c(OC)c(OC)c2c1CC1C(=O)N3C(C(=O)c4c(OC)c(C)c5c(c4[C@@H]3COCc3ccccc3)OCO5)C2N1C. The molecule has 46 heavy (non-hydrogen) atoms. The van der Waals surface area contributed by atoms with Crippen LogP contribution in [0.25, 0.3) is 0 Å². The second-order valence-corrected chi connectivity index (χ2v) is 12.0. The highest BCUT2D eigenvalue weighted by atomic mass is 16.7. The molecule has 0 aromatic heterocycles. The molecule has 2 bridgehead atoms. The normalized spacial score (nSPS) is 22.6. The maximum Gasteiger partial charge on any atom is 0.241 e. The van der Waals surface area contributed by atoms with Gasteiger partial charge in [-0.3, -0.25) is 14.5 Å². The molecule has 11 heteroatoms. The van der Waals surface area contributed by atoms with Crippen LogP contribution in [0.3, 0.4) is 0 Å². The summed E-state index contributed by atoms with van der Waals surface area (Å²) in [5.41, 5.74) is 4.94. The first-order chi connectivity index (χ1) is 22.3. The average molecular weight is 631 g/mol. The number of Topliss-reactive ketones (excluding diaryl/α,β-unsaturated/α-hetero) is 1. The summed E-state index contributed by atoms with van der Waals surface area (Å²) in [6, 6.07) is 7.07. The number of carbonyl (C=O) groups excluding carboxylic acids is 2. The number of rotatable bonds is 8. The van der Waals surface area contributed by atoms with Gasteiger partial charge < -0.3 is 38.1 Å². The maximum atomic E-state index is 15.1. The lowest BCUT2D eigenvalue weighted by atomic mass is 9.72. The quantitative estimate of drug-likeness (QED) is 0.357. The topological polar surface area (TPSA) is 105 Å². The molecule has 11 nitrogen and oxygen atoms in total. The molecular formula is C35H38N2O9. The number of methoxy groups -OCH3 is 4. The highest BCUT2D eigenvalue weighted by molar-refractivity contribution is 6.10. The van der Waals surface area contributed by atoms with E-state index in [0.717, 1.165) is 22.3 Å². The first kappa shape index (κ1) is 30.2. The van der Waals surface area contributed by atoms with Gasteiger partial charge in [0.1, 0.15) is 17.5 Å². The van der Waals surface area contributed by atoms with E-state index in [0.29, 0.717) is 64.2 Å². The molecule has 0 saturated carbocycles. The molecule has 0 spiro atoms. The molecule has 7 rings (SSSR count). The van der Waals surface area contributed by atoms with Crippen molar-refractivity contribution in [2.24, 2.45) is 0 Å². The average Bonchev–Trinajstić information content (AvgIpc) is 3.55. The van der Waals surface area contributed by atoms with Crippen molar-refractivity contribution in [3.63, 3.8) is 0 Å². The Morgan fingerprint density at radius 2 is 1.48 bits per heavy atom. The number of ketones is 1. The Hall–Kier alpha value is -4.48. The number of benzene rings is 3. The summed E-state index contributed by atoms with van der Waals surface area (Å²) in [6.07, 6.45) is 0.363. The van der Waals surface area contributed by atoms with Crippen LogP contribution in [-0.2, 0) is 22.6 Å². The predicted octanol–water partition coefficient (Wildman–Crippen LogP) is 4.33. The molecule has 3 aromatic rings. The fourth-order valence-electron chi connectivity index (χ4n) is 7.99. The zero-order valence-corrected chi connectivity index (χ0v) is 27.1. The van der Waals surface area contributed by atoms with Gasteiger partial charge in [-0.25, -0.2) is 0 Å². The summed E-state index contributed by atoms with van der Waals surface area (Å²) in [5.74, 6) is 2.58. The number of ether oxygens (including phenoxy) is 7. The van der Waals surface area contributed by atoms with Gasteiger partial charge in [-0.1, -0.05) is 30.3 Å². The molecule has 4 heterocycles. The Morgan fingerprint density at radius 1 is 0.804 bits per heavy atom. The minimum atomic E-state index is -0.940. The lowest BCUT2D eigenvalue weighted by molar-refractivity contribution is -0.156. The standard InChI is InChI=1S/C35H38N2O9/c1-17-29(40-4)20-13-21-35(39)37-22(15-44-14-19-11-9-8-10-12-19)24-25(30(41-5)18(2)32-34(24)46-16-45-32)28(38)27(37)26(36(21)3)23(20)33(43-7)31(17)42-6/h8-12,21-22,26-27H,13-16H2,1-7H3/t21?,22-,26?,27?/m0/s1. The van der Waals surface area contributed by atoms with Crippen LogP contribution in [0.5, 0.6) is 34.5 Å². The third-order valence-electron chi connectivity index (χ3n) is 9.92. The minimum absolute atomic E-state index is 0.00353. The van der Waals surface area contributed by atoms with Gasteiger partial charge in [-0.2, -0.15) is 0 Å². The van der Waals surface area contributed by atoms with Crippen molar-refractivity contribution in [1.29, 1.82) is 0 Å². The van der Waals surface area contributed by atoms with Crippen molar-refractivity contribution in [1.82, 2.24) is 9.80 Å². The van der Waals surface area contributed by atoms with Crippen LogP contribution < -0.4 is 28.4 Å². The number of hydrogen-bond donors (Lipinski definition) is 0. The summed E-state index contributed by atoms with van der Waals surface area (Å²) in [4.78, 5) is 33.5. The van der Waals surface area contributed by atoms with Crippen LogP contribution in [0.15, 0.2) is 30.3 Å². The molecule has 0 N–H and O–H groups in total. The summed E-state index contributed by atoms with van der Waals surface area (Å²) in [5, 5.41) is 0. The van der Waals surface area contributed by atoms with E-state index >= 15 is 4.79 Å². The maximum absolute atomic E-state index is 15.1. The Bertz CT molecular complexity index is 1740. The summed E-state index contributed by atoms with van der Waals surface area (Å²) < 4.78 is 42.0. The second kappa shape index (κ2) is 11.4. The van der Waals surface area contributed by atoms with Crippen molar-refractivity contribution < 1.29 is 42.7 Å². The molecule has 4 aliphatic rings. The number of carbonyl (C=O) groups is 2.